The molecule has 0 radical (unpaired) electrons. The number of nitrogens with one attached hydrogen (secondary N) is 2. The number of nitrogens with zero attached hydrogens (tertiary/aromatic N) is 3. The van der Waals surface area contributed by atoms with Crippen LogP contribution in [0.2, 0.25) is 0 Å². The zero-order valence-corrected chi connectivity index (χ0v) is 16.2. The third-order valence-electron chi connectivity index (χ3n) is 4.04. The molecule has 0 bridgehead atoms. The minimum Gasteiger partial charge on any atom is -0.325 e. The molecule has 0 saturated carbocycles. The molecule has 1 heterocycles. The monoisotopic (exact) mass is 395 g/mol. The number of carbonyl (C=O) groups is 2. The van der Waals surface area contributed by atoms with E-state index in [0.717, 1.165) is 11.4 Å². The van der Waals surface area contributed by atoms with Crippen molar-refractivity contribution in [3.8, 4) is 5.69 Å². The Morgan fingerprint density at radius 1 is 1.00 bits per heavy atom. The Kier molecular flexibility index (Phi) is 6.36. The van der Waals surface area contributed by atoms with Crippen molar-refractivity contribution in [2.45, 2.75) is 6.92 Å². The standard InChI is InChI=1S/C21H22FN5O2/c1-15-11-19(27(25-15)18-9-4-3-5-10-18)24-21(29)14-26(2)13-20(28)23-17-8-6-7-16(22)12-17/h3-12H,13-14H2,1-2H3,(H,23,28)(H,24,29). The van der Waals surface area contributed by atoms with Crippen LogP contribution in [0.25, 0.3) is 5.69 Å². The largest absolute Gasteiger partial charge is 0.325 e. The van der Waals surface area contributed by atoms with Crippen LogP contribution in [0.15, 0.2) is 60.7 Å². The van der Waals surface area contributed by atoms with E-state index in [-0.39, 0.29) is 24.9 Å². The van der Waals surface area contributed by atoms with E-state index in [1.54, 1.807) is 28.8 Å². The number of aryl methyl sites for hydroxylation is 1. The molecule has 0 unspecified atom stereocenters. The second-order valence-corrected chi connectivity index (χ2v) is 6.70. The highest BCUT2D eigenvalue weighted by Gasteiger charge is 2.14. The van der Waals surface area contributed by atoms with Crippen molar-refractivity contribution in [2.24, 2.45) is 0 Å². The summed E-state index contributed by atoms with van der Waals surface area (Å²) in [6.07, 6.45) is 0. The van der Waals surface area contributed by atoms with Crippen LogP contribution < -0.4 is 10.6 Å². The molecule has 2 amide bonds. The Morgan fingerprint density at radius 2 is 1.69 bits per heavy atom. The number of anilines is 2. The third-order valence-corrected chi connectivity index (χ3v) is 4.04. The fraction of sp³-hybridized carbons (Fsp3) is 0.190. The molecular formula is C21H22FN5O2. The summed E-state index contributed by atoms with van der Waals surface area (Å²) in [4.78, 5) is 26.1. The number of para-hydroxylation sites is 1. The molecule has 0 fully saturated rings. The zero-order chi connectivity index (χ0) is 20.8. The van der Waals surface area contributed by atoms with E-state index < -0.39 is 5.82 Å². The molecule has 150 valence electrons. The number of aromatic nitrogens is 2. The summed E-state index contributed by atoms with van der Waals surface area (Å²) in [5.41, 5.74) is 1.97. The molecule has 8 heteroatoms. The number of amides is 2. The fourth-order valence-electron chi connectivity index (χ4n) is 2.85. The topological polar surface area (TPSA) is 79.3 Å². The van der Waals surface area contributed by atoms with Crippen molar-refractivity contribution in [3.05, 3.63) is 72.2 Å². The van der Waals surface area contributed by atoms with Gasteiger partial charge in [-0.05, 0) is 44.3 Å². The lowest BCUT2D eigenvalue weighted by atomic mass is 10.3. The predicted octanol–water partition coefficient (Wildman–Crippen LogP) is 2.83. The van der Waals surface area contributed by atoms with Gasteiger partial charge in [-0.2, -0.15) is 5.10 Å². The van der Waals surface area contributed by atoms with Crippen LogP contribution in [0.1, 0.15) is 5.69 Å². The molecule has 0 saturated heterocycles. The number of hydrogen-bond acceptors (Lipinski definition) is 4. The normalized spacial score (nSPS) is 10.8. The minimum atomic E-state index is -0.430. The number of rotatable bonds is 7. The number of benzene rings is 2. The number of hydrogen-bond donors (Lipinski definition) is 2. The first kappa shape index (κ1) is 20.2. The molecule has 0 aliphatic heterocycles. The molecule has 1 aromatic heterocycles. The highest BCUT2D eigenvalue weighted by atomic mass is 19.1. The summed E-state index contributed by atoms with van der Waals surface area (Å²) in [5.74, 6) is -0.489. The molecule has 0 aliphatic rings. The maximum Gasteiger partial charge on any atom is 0.239 e. The highest BCUT2D eigenvalue weighted by Crippen LogP contribution is 2.16. The Labute approximate surface area is 168 Å². The van der Waals surface area contributed by atoms with Crippen LogP contribution in [0.4, 0.5) is 15.9 Å². The summed E-state index contributed by atoms with van der Waals surface area (Å²) in [5, 5.41) is 9.84. The molecule has 0 aliphatic carbocycles. The van der Waals surface area contributed by atoms with Crippen LogP contribution in [-0.2, 0) is 9.59 Å². The van der Waals surface area contributed by atoms with E-state index in [1.165, 1.54) is 18.2 Å². The van der Waals surface area contributed by atoms with Gasteiger partial charge in [0.25, 0.3) is 0 Å². The van der Waals surface area contributed by atoms with Crippen LogP contribution in [0.3, 0.4) is 0 Å². The fourth-order valence-corrected chi connectivity index (χ4v) is 2.85. The van der Waals surface area contributed by atoms with Gasteiger partial charge in [-0.1, -0.05) is 24.3 Å². The Bertz CT molecular complexity index is 1000. The summed E-state index contributed by atoms with van der Waals surface area (Å²) in [6.45, 7) is 1.84. The molecule has 0 spiro atoms. The van der Waals surface area contributed by atoms with Gasteiger partial charge in [-0.15, -0.1) is 0 Å². The van der Waals surface area contributed by atoms with Gasteiger partial charge in [0.2, 0.25) is 11.8 Å². The Balaban J connectivity index is 1.56. The van der Waals surface area contributed by atoms with E-state index in [1.807, 2.05) is 37.3 Å². The summed E-state index contributed by atoms with van der Waals surface area (Å²) in [6, 6.07) is 16.9. The third kappa shape index (κ3) is 5.73. The first-order valence-corrected chi connectivity index (χ1v) is 9.06. The number of halogens is 1. The summed E-state index contributed by atoms with van der Waals surface area (Å²) in [7, 11) is 1.66. The van der Waals surface area contributed by atoms with E-state index in [4.69, 9.17) is 0 Å². The van der Waals surface area contributed by atoms with E-state index >= 15 is 0 Å². The maximum atomic E-state index is 13.2. The molecular weight excluding hydrogens is 373 g/mol. The first-order chi connectivity index (χ1) is 13.9. The predicted molar refractivity (Wildman–Crippen MR) is 109 cm³/mol. The molecule has 3 aromatic rings. The second kappa shape index (κ2) is 9.11. The molecule has 29 heavy (non-hydrogen) atoms. The van der Waals surface area contributed by atoms with Gasteiger partial charge in [0.1, 0.15) is 11.6 Å². The van der Waals surface area contributed by atoms with Gasteiger partial charge in [0, 0.05) is 11.8 Å². The average molecular weight is 395 g/mol. The van der Waals surface area contributed by atoms with Gasteiger partial charge in [0.15, 0.2) is 0 Å². The minimum absolute atomic E-state index is 0.00951. The van der Waals surface area contributed by atoms with Crippen LogP contribution in [0.5, 0.6) is 0 Å². The Morgan fingerprint density at radius 3 is 2.38 bits per heavy atom. The van der Waals surface area contributed by atoms with Gasteiger partial charge in [0.05, 0.1) is 24.5 Å². The number of likely N-dealkylation sites (N-methyl/N-ethyl adjacent to an activating group) is 1. The SMILES string of the molecule is Cc1cc(NC(=O)CN(C)CC(=O)Nc2cccc(F)c2)n(-c2ccccc2)n1. The van der Waals surface area contributed by atoms with Crippen molar-refractivity contribution in [3.63, 3.8) is 0 Å². The summed E-state index contributed by atoms with van der Waals surface area (Å²) < 4.78 is 14.9. The zero-order valence-electron chi connectivity index (χ0n) is 16.2. The van der Waals surface area contributed by atoms with Crippen molar-refractivity contribution in [1.82, 2.24) is 14.7 Å². The van der Waals surface area contributed by atoms with Gasteiger partial charge in [-0.25, -0.2) is 9.07 Å². The van der Waals surface area contributed by atoms with E-state index in [2.05, 4.69) is 15.7 Å². The smallest absolute Gasteiger partial charge is 0.239 e. The average Bonchev–Trinajstić information content (AvgIpc) is 3.02. The molecule has 2 N–H and O–H groups in total. The summed E-state index contributed by atoms with van der Waals surface area (Å²) >= 11 is 0. The van der Waals surface area contributed by atoms with Gasteiger partial charge >= 0.3 is 0 Å². The van der Waals surface area contributed by atoms with E-state index in [9.17, 15) is 14.0 Å². The molecule has 7 nitrogen and oxygen atoms in total. The van der Waals surface area contributed by atoms with Crippen molar-refractivity contribution >= 4 is 23.3 Å². The Hall–Kier alpha value is -3.52. The van der Waals surface area contributed by atoms with Crippen LogP contribution >= 0.6 is 0 Å². The lowest BCUT2D eigenvalue weighted by molar-refractivity contribution is -0.119. The van der Waals surface area contributed by atoms with Crippen LogP contribution in [0, 0.1) is 12.7 Å². The van der Waals surface area contributed by atoms with Crippen molar-refractivity contribution < 1.29 is 14.0 Å². The van der Waals surface area contributed by atoms with Gasteiger partial charge < -0.3 is 10.6 Å². The van der Waals surface area contributed by atoms with Crippen molar-refractivity contribution in [2.75, 3.05) is 30.8 Å². The molecule has 2 aromatic carbocycles. The van der Waals surface area contributed by atoms with Crippen LogP contribution in [-0.4, -0.2) is 46.6 Å². The van der Waals surface area contributed by atoms with Crippen molar-refractivity contribution in [1.29, 1.82) is 0 Å². The quantitative estimate of drug-likeness (QED) is 0.645. The maximum absolute atomic E-state index is 13.2. The lowest BCUT2D eigenvalue weighted by Crippen LogP contribution is -2.36. The lowest BCUT2D eigenvalue weighted by Gasteiger charge is -2.16. The van der Waals surface area contributed by atoms with Gasteiger partial charge in [-0.3, -0.25) is 14.5 Å². The highest BCUT2D eigenvalue weighted by molar-refractivity contribution is 5.94. The molecule has 0 atom stereocenters. The van der Waals surface area contributed by atoms with E-state index in [0.29, 0.717) is 11.5 Å². The second-order valence-electron chi connectivity index (χ2n) is 6.70. The molecule has 3 rings (SSSR count). The first-order valence-electron chi connectivity index (χ1n) is 9.06. The number of carbonyl (C=O) groups excluding carboxylic acids is 2.